The highest BCUT2D eigenvalue weighted by Gasteiger charge is 2.50. The van der Waals surface area contributed by atoms with E-state index in [2.05, 4.69) is 211 Å². The molecular formula is C53H39NS. The lowest BCUT2D eigenvalue weighted by molar-refractivity contribution is 0.564. The first-order valence-corrected chi connectivity index (χ1v) is 20.3. The van der Waals surface area contributed by atoms with Gasteiger partial charge in [-0.15, -0.1) is 11.3 Å². The van der Waals surface area contributed by atoms with Crippen LogP contribution in [0.25, 0.3) is 31.8 Å². The number of benzene rings is 7. The van der Waals surface area contributed by atoms with Gasteiger partial charge in [0.2, 0.25) is 0 Å². The van der Waals surface area contributed by atoms with Crippen molar-refractivity contribution in [1.82, 2.24) is 0 Å². The topological polar surface area (TPSA) is 3.24 Å². The second-order valence-electron chi connectivity index (χ2n) is 15.1. The first-order valence-electron chi connectivity index (χ1n) is 19.4. The Morgan fingerprint density at radius 2 is 1.24 bits per heavy atom. The minimum atomic E-state index is -0.454. The van der Waals surface area contributed by atoms with E-state index in [4.69, 9.17) is 0 Å². The second-order valence-corrected chi connectivity index (χ2v) is 16.1. The Morgan fingerprint density at radius 1 is 0.582 bits per heavy atom. The first kappa shape index (κ1) is 32.2. The van der Waals surface area contributed by atoms with Crippen molar-refractivity contribution in [3.8, 4) is 0 Å². The maximum absolute atomic E-state index is 2.80. The van der Waals surface area contributed by atoms with Crippen molar-refractivity contribution in [3.05, 3.63) is 245 Å². The summed E-state index contributed by atoms with van der Waals surface area (Å²) < 4.78 is 2.66. The molecule has 2 heteroatoms. The molecule has 0 saturated carbocycles. The maximum Gasteiger partial charge on any atom is 0.0711 e. The molecule has 0 radical (unpaired) electrons. The minimum absolute atomic E-state index is 0.0602. The fourth-order valence-electron chi connectivity index (χ4n) is 10.1. The Hall–Kier alpha value is -6.22. The maximum atomic E-state index is 2.80. The van der Waals surface area contributed by atoms with Crippen LogP contribution in [0.4, 0.5) is 5.69 Å². The summed E-state index contributed by atoms with van der Waals surface area (Å²) in [6, 6.07) is 67.8. The molecule has 0 saturated heterocycles. The quantitative estimate of drug-likeness (QED) is 0.165. The van der Waals surface area contributed by atoms with E-state index in [9.17, 15) is 0 Å². The molecule has 0 N–H and O–H groups in total. The van der Waals surface area contributed by atoms with Gasteiger partial charge in [-0.3, -0.25) is 0 Å². The number of allylic oxidation sites excluding steroid dienone is 2. The summed E-state index contributed by atoms with van der Waals surface area (Å²) in [5.41, 5.74) is 12.9. The predicted octanol–water partition coefficient (Wildman–Crippen LogP) is 13.2. The van der Waals surface area contributed by atoms with Crippen LogP contribution < -0.4 is 4.90 Å². The van der Waals surface area contributed by atoms with Gasteiger partial charge in [0.25, 0.3) is 0 Å². The van der Waals surface area contributed by atoms with E-state index < -0.39 is 5.41 Å². The summed E-state index contributed by atoms with van der Waals surface area (Å²) >= 11 is 1.90. The van der Waals surface area contributed by atoms with E-state index in [0.29, 0.717) is 0 Å². The highest BCUT2D eigenvalue weighted by molar-refractivity contribution is 7.26. The lowest BCUT2D eigenvalue weighted by Gasteiger charge is -2.45. The van der Waals surface area contributed by atoms with Crippen LogP contribution in [0.15, 0.2) is 206 Å². The van der Waals surface area contributed by atoms with Crippen LogP contribution in [-0.4, -0.2) is 12.1 Å². The summed E-state index contributed by atoms with van der Waals surface area (Å²) in [6.07, 6.45) is 11.0. The number of nitrogens with zero attached hydrogens (tertiary/aromatic N) is 1. The molecule has 0 fully saturated rings. The Balaban J connectivity index is 1.20. The number of thiophene rings is 1. The SMILES string of the molecule is C1=CC(N(c2cccc3sc4ccccc4c23)C2C=C3C(=CC2)c2ccccc2C3(c2ccccc2)c2ccccc2)C(c2ccccc2)c2ccccc21. The zero-order chi connectivity index (χ0) is 36.3. The number of anilines is 1. The summed E-state index contributed by atoms with van der Waals surface area (Å²) in [5.74, 6) is 0.139. The minimum Gasteiger partial charge on any atom is -0.357 e. The first-order chi connectivity index (χ1) is 27.3. The van der Waals surface area contributed by atoms with Crippen molar-refractivity contribution in [2.45, 2.75) is 29.8 Å². The van der Waals surface area contributed by atoms with Crippen molar-refractivity contribution in [3.63, 3.8) is 0 Å². The van der Waals surface area contributed by atoms with Gasteiger partial charge in [0.05, 0.1) is 17.5 Å². The van der Waals surface area contributed by atoms with Gasteiger partial charge in [-0.25, -0.2) is 0 Å². The lowest BCUT2D eigenvalue weighted by atomic mass is 9.66. The number of hydrogen-bond acceptors (Lipinski definition) is 2. The molecule has 3 aliphatic carbocycles. The van der Waals surface area contributed by atoms with Crippen LogP contribution in [0.1, 0.15) is 51.3 Å². The molecule has 262 valence electrons. The van der Waals surface area contributed by atoms with Crippen LogP contribution in [0.5, 0.6) is 0 Å². The zero-order valence-corrected chi connectivity index (χ0v) is 31.2. The normalized spacial score (nSPS) is 19.3. The third-order valence-electron chi connectivity index (χ3n) is 12.3. The van der Waals surface area contributed by atoms with Crippen molar-refractivity contribution >= 4 is 48.8 Å². The molecule has 1 aromatic heterocycles. The lowest BCUT2D eigenvalue weighted by Crippen LogP contribution is -2.47. The summed E-state index contributed by atoms with van der Waals surface area (Å²) in [4.78, 5) is 2.80. The van der Waals surface area contributed by atoms with Crippen molar-refractivity contribution < 1.29 is 0 Å². The number of hydrogen-bond donors (Lipinski definition) is 0. The molecule has 3 unspecified atom stereocenters. The average molecular weight is 722 g/mol. The summed E-state index contributed by atoms with van der Waals surface area (Å²) in [6.45, 7) is 0. The van der Waals surface area contributed by atoms with E-state index in [1.54, 1.807) is 0 Å². The molecule has 1 nitrogen and oxygen atoms in total. The number of fused-ring (bicyclic) bond motifs is 7. The Morgan fingerprint density at radius 3 is 2.04 bits per heavy atom. The van der Waals surface area contributed by atoms with Gasteiger partial charge in [0.15, 0.2) is 0 Å². The van der Waals surface area contributed by atoms with Gasteiger partial charge in [0, 0.05) is 31.8 Å². The van der Waals surface area contributed by atoms with Crippen LogP contribution >= 0.6 is 11.3 Å². The molecule has 55 heavy (non-hydrogen) atoms. The Bertz CT molecular complexity index is 2770. The van der Waals surface area contributed by atoms with Crippen LogP contribution in [0.2, 0.25) is 0 Å². The third kappa shape index (κ3) is 4.91. The van der Waals surface area contributed by atoms with Gasteiger partial charge in [-0.1, -0.05) is 188 Å². The number of rotatable bonds is 6. The Labute approximate surface area is 326 Å². The Kier molecular flexibility index (Phi) is 7.60. The van der Waals surface area contributed by atoms with E-state index in [1.807, 2.05) is 11.3 Å². The van der Waals surface area contributed by atoms with Gasteiger partial charge >= 0.3 is 0 Å². The average Bonchev–Trinajstić information content (AvgIpc) is 3.79. The third-order valence-corrected chi connectivity index (χ3v) is 13.4. The van der Waals surface area contributed by atoms with Crippen molar-refractivity contribution in [2.24, 2.45) is 0 Å². The fraction of sp³-hybridized carbons (Fsp3) is 0.0943. The van der Waals surface area contributed by atoms with Gasteiger partial charge in [-0.2, -0.15) is 0 Å². The van der Waals surface area contributed by atoms with E-state index in [1.165, 1.54) is 76.0 Å². The molecule has 3 atom stereocenters. The predicted molar refractivity (Wildman–Crippen MR) is 233 cm³/mol. The smallest absolute Gasteiger partial charge is 0.0711 e. The summed E-state index contributed by atoms with van der Waals surface area (Å²) in [7, 11) is 0. The van der Waals surface area contributed by atoms with Crippen molar-refractivity contribution in [2.75, 3.05) is 4.90 Å². The molecule has 0 aliphatic heterocycles. The molecular weight excluding hydrogens is 683 g/mol. The van der Waals surface area contributed by atoms with Crippen molar-refractivity contribution in [1.29, 1.82) is 0 Å². The van der Waals surface area contributed by atoms with E-state index in [-0.39, 0.29) is 18.0 Å². The van der Waals surface area contributed by atoms with E-state index in [0.717, 1.165) is 6.42 Å². The van der Waals surface area contributed by atoms with Crippen LogP contribution in [-0.2, 0) is 5.41 Å². The molecule has 11 rings (SSSR count). The van der Waals surface area contributed by atoms with E-state index >= 15 is 0 Å². The molecule has 8 aromatic rings. The highest BCUT2D eigenvalue weighted by atomic mass is 32.1. The fourth-order valence-corrected chi connectivity index (χ4v) is 11.2. The van der Waals surface area contributed by atoms with Gasteiger partial charge < -0.3 is 4.90 Å². The van der Waals surface area contributed by atoms with Gasteiger partial charge in [0.1, 0.15) is 0 Å². The highest BCUT2D eigenvalue weighted by Crippen LogP contribution is 2.59. The second kappa shape index (κ2) is 13.0. The van der Waals surface area contributed by atoms with Gasteiger partial charge in [-0.05, 0) is 74.7 Å². The molecule has 0 spiro atoms. The summed E-state index contributed by atoms with van der Waals surface area (Å²) in [5, 5.41) is 2.68. The molecule has 0 amide bonds. The standard InChI is InChI=1S/C53H39NS/c1-4-18-37(19-5-1)51-41-24-11-10-17-36(41)31-34-48(51)54(47-28-16-30-50-52(47)44-26-13-15-29-49(44)55-50)40-32-33-43-42-25-12-14-27-45(42)53(46(43)35-40,38-20-6-2-7-21-38)39-22-8-3-9-23-39/h1-31,33-35,40,48,51H,32H2. The molecule has 3 aliphatic rings. The zero-order valence-electron chi connectivity index (χ0n) is 30.4. The largest absolute Gasteiger partial charge is 0.357 e. The van der Waals surface area contributed by atoms with Crippen LogP contribution in [0.3, 0.4) is 0 Å². The molecule has 0 bridgehead atoms. The van der Waals surface area contributed by atoms with Crippen LogP contribution in [0, 0.1) is 0 Å². The molecule has 1 heterocycles. The monoisotopic (exact) mass is 721 g/mol. The molecule has 7 aromatic carbocycles.